The van der Waals surface area contributed by atoms with Crippen molar-refractivity contribution in [1.29, 1.82) is 0 Å². The summed E-state index contributed by atoms with van der Waals surface area (Å²) in [5, 5.41) is 16.1. The molecule has 28 heavy (non-hydrogen) atoms. The molecule has 1 atom stereocenters. The van der Waals surface area contributed by atoms with Crippen molar-refractivity contribution in [3.63, 3.8) is 0 Å². The van der Waals surface area contributed by atoms with Gasteiger partial charge in [0.05, 0.1) is 6.10 Å². The Balaban J connectivity index is 1.68. The maximum atomic E-state index is 12.1. The average molecular weight is 424 g/mol. The second kappa shape index (κ2) is 10.9. The minimum atomic E-state index is -0.944. The number of amides is 3. The van der Waals surface area contributed by atoms with Gasteiger partial charge in [-0.15, -0.1) is 0 Å². The second-order valence-electron chi connectivity index (χ2n) is 6.34. The van der Waals surface area contributed by atoms with Gasteiger partial charge >= 0.3 is 6.03 Å². The topological polar surface area (TPSA) is 81.7 Å². The van der Waals surface area contributed by atoms with E-state index in [0.29, 0.717) is 22.2 Å². The van der Waals surface area contributed by atoms with E-state index in [1.807, 2.05) is 30.3 Å². The Morgan fingerprint density at radius 2 is 1.71 bits per heavy atom. The van der Waals surface area contributed by atoms with E-state index in [1.54, 1.807) is 30.1 Å². The summed E-state index contributed by atoms with van der Waals surface area (Å²) in [7, 11) is 1.72. The molecule has 0 aromatic heterocycles. The number of benzene rings is 2. The van der Waals surface area contributed by atoms with Crippen LogP contribution < -0.4 is 10.6 Å². The molecule has 0 aliphatic rings. The Labute approximate surface area is 174 Å². The van der Waals surface area contributed by atoms with E-state index in [4.69, 9.17) is 23.2 Å². The molecule has 0 radical (unpaired) electrons. The van der Waals surface area contributed by atoms with E-state index in [9.17, 15) is 14.7 Å². The zero-order valence-electron chi connectivity index (χ0n) is 15.5. The molecule has 150 valence electrons. The highest BCUT2D eigenvalue weighted by Crippen LogP contribution is 2.23. The summed E-state index contributed by atoms with van der Waals surface area (Å²) in [5.41, 5.74) is 1.55. The van der Waals surface area contributed by atoms with Crippen LogP contribution in [0.1, 0.15) is 23.7 Å². The smallest absolute Gasteiger partial charge is 0.314 e. The molecule has 0 fully saturated rings. The van der Waals surface area contributed by atoms with Gasteiger partial charge in [0, 0.05) is 43.1 Å². The summed E-state index contributed by atoms with van der Waals surface area (Å²) in [6.07, 6.45) is -0.760. The van der Waals surface area contributed by atoms with Crippen molar-refractivity contribution in [2.24, 2.45) is 0 Å². The van der Waals surface area contributed by atoms with Crippen LogP contribution in [0.5, 0.6) is 0 Å². The fourth-order valence-corrected chi connectivity index (χ4v) is 3.10. The zero-order valence-corrected chi connectivity index (χ0v) is 17.0. The number of aliphatic hydroxyl groups excluding tert-OH is 1. The quantitative estimate of drug-likeness (QED) is 0.608. The molecule has 0 aliphatic heterocycles. The lowest BCUT2D eigenvalue weighted by Gasteiger charge is -2.18. The maximum Gasteiger partial charge on any atom is 0.314 e. The van der Waals surface area contributed by atoms with E-state index < -0.39 is 12.1 Å². The highest BCUT2D eigenvalue weighted by molar-refractivity contribution is 6.34. The summed E-state index contributed by atoms with van der Waals surface area (Å²) in [4.78, 5) is 25.6. The van der Waals surface area contributed by atoms with Crippen molar-refractivity contribution >= 4 is 35.1 Å². The SMILES string of the molecule is CN(Cc1ccccc1)C(=O)CCNC(=O)NCC(O)c1cc(Cl)cc(Cl)c1. The van der Waals surface area contributed by atoms with E-state index in [1.165, 1.54) is 0 Å². The lowest BCUT2D eigenvalue weighted by Crippen LogP contribution is -2.39. The summed E-state index contributed by atoms with van der Waals surface area (Å²) in [5.74, 6) is -0.0715. The molecule has 0 heterocycles. The number of halogens is 2. The highest BCUT2D eigenvalue weighted by atomic mass is 35.5. The lowest BCUT2D eigenvalue weighted by atomic mass is 10.1. The third kappa shape index (κ3) is 7.38. The Hall–Kier alpha value is -2.28. The normalized spacial score (nSPS) is 11.6. The van der Waals surface area contributed by atoms with Gasteiger partial charge in [0.2, 0.25) is 5.91 Å². The molecule has 0 saturated heterocycles. The molecule has 0 bridgehead atoms. The number of nitrogens with zero attached hydrogens (tertiary/aromatic N) is 1. The van der Waals surface area contributed by atoms with Crippen molar-refractivity contribution in [3.8, 4) is 0 Å². The van der Waals surface area contributed by atoms with Crippen LogP contribution in [0.15, 0.2) is 48.5 Å². The minimum Gasteiger partial charge on any atom is -0.387 e. The van der Waals surface area contributed by atoms with Gasteiger partial charge in [-0.05, 0) is 29.3 Å². The standard InChI is InChI=1S/C20H23Cl2N3O3/c1-25(13-14-5-3-2-4-6-14)19(27)7-8-23-20(28)24-12-18(26)15-9-16(21)11-17(22)10-15/h2-6,9-11,18,26H,7-8,12-13H2,1H3,(H2,23,24,28). The summed E-state index contributed by atoms with van der Waals surface area (Å²) in [6.45, 7) is 0.702. The third-order valence-electron chi connectivity index (χ3n) is 4.04. The Morgan fingerprint density at radius 1 is 1.07 bits per heavy atom. The largest absolute Gasteiger partial charge is 0.387 e. The molecule has 0 spiro atoms. The number of aliphatic hydroxyl groups is 1. The van der Waals surface area contributed by atoms with E-state index in [2.05, 4.69) is 10.6 Å². The van der Waals surface area contributed by atoms with Crippen molar-refractivity contribution in [1.82, 2.24) is 15.5 Å². The van der Waals surface area contributed by atoms with Gasteiger partial charge in [0.1, 0.15) is 0 Å². The second-order valence-corrected chi connectivity index (χ2v) is 7.21. The zero-order chi connectivity index (χ0) is 20.5. The van der Waals surface area contributed by atoms with Crippen LogP contribution >= 0.6 is 23.2 Å². The summed E-state index contributed by atoms with van der Waals surface area (Å²) >= 11 is 11.8. The van der Waals surface area contributed by atoms with E-state index in [-0.39, 0.29) is 25.4 Å². The number of nitrogens with one attached hydrogen (secondary N) is 2. The van der Waals surface area contributed by atoms with Gasteiger partial charge < -0.3 is 20.6 Å². The predicted molar refractivity (Wildman–Crippen MR) is 110 cm³/mol. The molecule has 2 aromatic carbocycles. The number of hydrogen-bond donors (Lipinski definition) is 3. The number of rotatable bonds is 8. The molecule has 6 nitrogen and oxygen atoms in total. The minimum absolute atomic E-state index is 0.00956. The fraction of sp³-hybridized carbons (Fsp3) is 0.300. The van der Waals surface area contributed by atoms with Crippen LogP contribution in [0.3, 0.4) is 0 Å². The first-order chi connectivity index (χ1) is 13.3. The first-order valence-electron chi connectivity index (χ1n) is 8.79. The Kier molecular flexibility index (Phi) is 8.57. The van der Waals surface area contributed by atoms with Crippen molar-refractivity contribution < 1.29 is 14.7 Å². The molecule has 0 aliphatic carbocycles. The van der Waals surface area contributed by atoms with Gasteiger partial charge in [-0.2, -0.15) is 0 Å². The van der Waals surface area contributed by atoms with Crippen LogP contribution in [0.4, 0.5) is 4.79 Å². The van der Waals surface area contributed by atoms with Crippen LogP contribution in [0, 0.1) is 0 Å². The average Bonchev–Trinajstić information content (AvgIpc) is 2.66. The number of carbonyl (C=O) groups is 2. The summed E-state index contributed by atoms with van der Waals surface area (Å²) in [6, 6.07) is 13.9. The number of carbonyl (C=O) groups excluding carboxylic acids is 2. The van der Waals surface area contributed by atoms with Crippen molar-refractivity contribution in [2.45, 2.75) is 19.1 Å². The summed E-state index contributed by atoms with van der Waals surface area (Å²) < 4.78 is 0. The van der Waals surface area contributed by atoms with Crippen molar-refractivity contribution in [3.05, 3.63) is 69.7 Å². The van der Waals surface area contributed by atoms with Gasteiger partial charge in [0.15, 0.2) is 0 Å². The maximum absolute atomic E-state index is 12.1. The molecule has 1 unspecified atom stereocenters. The molecule has 8 heteroatoms. The Morgan fingerprint density at radius 3 is 2.36 bits per heavy atom. The molecular formula is C20H23Cl2N3O3. The Bertz CT molecular complexity index is 782. The number of urea groups is 1. The fourth-order valence-electron chi connectivity index (χ4n) is 2.56. The number of hydrogen-bond acceptors (Lipinski definition) is 3. The lowest BCUT2D eigenvalue weighted by molar-refractivity contribution is -0.130. The molecule has 2 aromatic rings. The van der Waals surface area contributed by atoms with Crippen LogP contribution in [-0.2, 0) is 11.3 Å². The first kappa shape index (κ1) is 22.0. The van der Waals surface area contributed by atoms with Gasteiger partial charge in [-0.3, -0.25) is 4.79 Å². The third-order valence-corrected chi connectivity index (χ3v) is 4.47. The molecular weight excluding hydrogens is 401 g/mol. The van der Waals surface area contributed by atoms with Gasteiger partial charge in [0.25, 0.3) is 0 Å². The molecule has 3 amide bonds. The molecule has 0 saturated carbocycles. The predicted octanol–water partition coefficient (Wildman–Crippen LogP) is 3.37. The monoisotopic (exact) mass is 423 g/mol. The van der Waals surface area contributed by atoms with E-state index in [0.717, 1.165) is 5.56 Å². The van der Waals surface area contributed by atoms with Crippen molar-refractivity contribution in [2.75, 3.05) is 20.1 Å². The first-order valence-corrected chi connectivity index (χ1v) is 9.54. The van der Waals surface area contributed by atoms with Crippen LogP contribution in [-0.4, -0.2) is 42.1 Å². The highest BCUT2D eigenvalue weighted by Gasteiger charge is 2.12. The van der Waals surface area contributed by atoms with Gasteiger partial charge in [-0.1, -0.05) is 53.5 Å². The molecule has 2 rings (SSSR count). The molecule has 3 N–H and O–H groups in total. The van der Waals surface area contributed by atoms with Crippen LogP contribution in [0.25, 0.3) is 0 Å². The van der Waals surface area contributed by atoms with Crippen LogP contribution in [0.2, 0.25) is 10.0 Å². The van der Waals surface area contributed by atoms with E-state index >= 15 is 0 Å². The van der Waals surface area contributed by atoms with Gasteiger partial charge in [-0.25, -0.2) is 4.79 Å².